The number of rotatable bonds is 5. The molecule has 3 rings (SSSR count). The first kappa shape index (κ1) is 16.1. The summed E-state index contributed by atoms with van der Waals surface area (Å²) in [5.41, 5.74) is 8.92. The van der Waals surface area contributed by atoms with Crippen LogP contribution in [0.25, 0.3) is 11.3 Å². The summed E-state index contributed by atoms with van der Waals surface area (Å²) in [6.07, 6.45) is 0.852. The van der Waals surface area contributed by atoms with Crippen molar-refractivity contribution in [1.82, 2.24) is 9.97 Å². The fraction of sp³-hybridized carbons (Fsp3) is 0.200. The molecule has 1 unspecified atom stereocenters. The van der Waals surface area contributed by atoms with Crippen LogP contribution in [0.2, 0.25) is 0 Å². The zero-order valence-corrected chi connectivity index (χ0v) is 13.9. The summed E-state index contributed by atoms with van der Waals surface area (Å²) in [7, 11) is 0. The van der Waals surface area contributed by atoms with Gasteiger partial charge in [-0.05, 0) is 38.0 Å². The van der Waals surface area contributed by atoms with E-state index in [0.717, 1.165) is 23.4 Å². The van der Waals surface area contributed by atoms with Gasteiger partial charge in [-0.2, -0.15) is 4.98 Å². The molecule has 1 heterocycles. The Morgan fingerprint density at radius 1 is 1.00 bits per heavy atom. The Morgan fingerprint density at radius 2 is 1.71 bits per heavy atom. The van der Waals surface area contributed by atoms with Gasteiger partial charge < -0.3 is 10.5 Å². The Bertz CT molecular complexity index is 799. The van der Waals surface area contributed by atoms with Crippen molar-refractivity contribution < 1.29 is 4.74 Å². The Balaban J connectivity index is 1.81. The molecule has 0 aliphatic carbocycles. The first-order chi connectivity index (χ1) is 11.6. The molecule has 0 saturated heterocycles. The van der Waals surface area contributed by atoms with E-state index in [9.17, 15) is 0 Å². The summed E-state index contributed by atoms with van der Waals surface area (Å²) in [5.74, 6) is 1.97. The third-order valence-corrected chi connectivity index (χ3v) is 3.59. The van der Waals surface area contributed by atoms with E-state index in [1.807, 2.05) is 74.5 Å². The Kier molecular flexibility index (Phi) is 4.87. The maximum atomic E-state index is 5.90. The van der Waals surface area contributed by atoms with Gasteiger partial charge in [-0.25, -0.2) is 4.98 Å². The second kappa shape index (κ2) is 7.23. The van der Waals surface area contributed by atoms with Crippen LogP contribution in [0.1, 0.15) is 18.3 Å². The lowest BCUT2D eigenvalue weighted by atomic mass is 10.1. The highest BCUT2D eigenvalue weighted by Crippen LogP contribution is 2.25. The minimum Gasteiger partial charge on any atom is -0.439 e. The lowest BCUT2D eigenvalue weighted by Gasteiger charge is -2.09. The van der Waals surface area contributed by atoms with Gasteiger partial charge in [-0.1, -0.05) is 42.5 Å². The molecule has 0 saturated carbocycles. The first-order valence-electron chi connectivity index (χ1n) is 8.03. The Labute approximate surface area is 142 Å². The van der Waals surface area contributed by atoms with Crippen LogP contribution in [-0.2, 0) is 6.42 Å². The van der Waals surface area contributed by atoms with Crippen molar-refractivity contribution in [3.05, 3.63) is 72.1 Å². The van der Waals surface area contributed by atoms with Crippen LogP contribution in [0.5, 0.6) is 11.6 Å². The van der Waals surface area contributed by atoms with Crippen LogP contribution in [0.15, 0.2) is 60.7 Å². The molecule has 0 aliphatic rings. The lowest BCUT2D eigenvalue weighted by Crippen LogP contribution is -2.17. The van der Waals surface area contributed by atoms with Crippen molar-refractivity contribution in [2.75, 3.05) is 0 Å². The minimum atomic E-state index is 0.148. The van der Waals surface area contributed by atoms with Crippen LogP contribution in [-0.4, -0.2) is 16.0 Å². The molecule has 2 N–H and O–H groups in total. The van der Waals surface area contributed by atoms with Crippen molar-refractivity contribution in [3.8, 4) is 22.9 Å². The Hall–Kier alpha value is -2.72. The van der Waals surface area contributed by atoms with Gasteiger partial charge >= 0.3 is 0 Å². The molecule has 24 heavy (non-hydrogen) atoms. The molecule has 1 aromatic heterocycles. The molecule has 0 bridgehead atoms. The molecule has 122 valence electrons. The average molecular weight is 319 g/mol. The van der Waals surface area contributed by atoms with E-state index in [-0.39, 0.29) is 6.04 Å². The molecule has 0 aliphatic heterocycles. The van der Waals surface area contributed by atoms with Crippen LogP contribution < -0.4 is 10.5 Å². The quantitative estimate of drug-likeness (QED) is 0.768. The predicted octanol–water partition coefficient (Wildman–Crippen LogP) is 4.13. The summed E-state index contributed by atoms with van der Waals surface area (Å²) < 4.78 is 5.90. The second-order valence-corrected chi connectivity index (χ2v) is 5.93. The number of ether oxygens (including phenoxy) is 1. The number of hydrogen-bond acceptors (Lipinski definition) is 4. The van der Waals surface area contributed by atoms with Crippen molar-refractivity contribution in [3.63, 3.8) is 0 Å². The van der Waals surface area contributed by atoms with Gasteiger partial charge in [0.2, 0.25) is 5.88 Å². The summed E-state index contributed by atoms with van der Waals surface area (Å²) in [6, 6.07) is 20.0. The zero-order chi connectivity index (χ0) is 16.9. The van der Waals surface area contributed by atoms with E-state index in [4.69, 9.17) is 10.5 Å². The van der Waals surface area contributed by atoms with Gasteiger partial charge in [0.1, 0.15) is 11.6 Å². The topological polar surface area (TPSA) is 61.0 Å². The molecule has 0 fully saturated rings. The van der Waals surface area contributed by atoms with Gasteiger partial charge in [0.05, 0.1) is 5.69 Å². The van der Waals surface area contributed by atoms with Gasteiger partial charge in [-0.15, -0.1) is 0 Å². The molecule has 0 spiro atoms. The molecule has 2 aromatic carbocycles. The van der Waals surface area contributed by atoms with Crippen LogP contribution in [0, 0.1) is 6.92 Å². The predicted molar refractivity (Wildman–Crippen MR) is 96.1 cm³/mol. The van der Waals surface area contributed by atoms with Crippen molar-refractivity contribution in [1.29, 1.82) is 0 Å². The van der Waals surface area contributed by atoms with E-state index >= 15 is 0 Å². The maximum absolute atomic E-state index is 5.90. The van der Waals surface area contributed by atoms with Gasteiger partial charge in [0.15, 0.2) is 0 Å². The monoisotopic (exact) mass is 319 g/mol. The highest BCUT2D eigenvalue weighted by atomic mass is 16.5. The third-order valence-electron chi connectivity index (χ3n) is 3.59. The average Bonchev–Trinajstić information content (AvgIpc) is 2.56. The molecule has 3 aromatic rings. The maximum Gasteiger partial charge on any atom is 0.223 e. The Morgan fingerprint density at radius 3 is 2.38 bits per heavy atom. The first-order valence-corrected chi connectivity index (χ1v) is 8.03. The highest BCUT2D eigenvalue weighted by molar-refractivity contribution is 5.60. The fourth-order valence-corrected chi connectivity index (χ4v) is 2.54. The van der Waals surface area contributed by atoms with Gasteiger partial charge in [0.25, 0.3) is 0 Å². The van der Waals surface area contributed by atoms with Crippen molar-refractivity contribution in [2.45, 2.75) is 26.3 Å². The summed E-state index contributed by atoms with van der Waals surface area (Å²) in [5, 5.41) is 0. The number of aryl methyl sites for hydroxylation is 1. The second-order valence-electron chi connectivity index (χ2n) is 5.93. The van der Waals surface area contributed by atoms with Crippen molar-refractivity contribution >= 4 is 0 Å². The van der Waals surface area contributed by atoms with Gasteiger partial charge in [-0.3, -0.25) is 0 Å². The molecule has 4 nitrogen and oxygen atoms in total. The van der Waals surface area contributed by atoms with E-state index in [0.29, 0.717) is 11.7 Å². The molecular weight excluding hydrogens is 298 g/mol. The van der Waals surface area contributed by atoms with E-state index < -0.39 is 0 Å². The number of nitrogens with zero attached hydrogens (tertiary/aromatic N) is 2. The highest BCUT2D eigenvalue weighted by Gasteiger charge is 2.07. The number of nitrogens with two attached hydrogens (primary N) is 1. The van der Waals surface area contributed by atoms with Crippen LogP contribution in [0.3, 0.4) is 0 Å². The smallest absolute Gasteiger partial charge is 0.223 e. The van der Waals surface area contributed by atoms with E-state index in [1.54, 1.807) is 0 Å². The van der Waals surface area contributed by atoms with Crippen LogP contribution in [0.4, 0.5) is 0 Å². The standard InChI is InChI=1S/C20H21N3O/c1-14(21)12-16-8-10-18(11-9-16)24-20-13-19(22-15(2)23-20)17-6-4-3-5-7-17/h3-11,13-14H,12,21H2,1-2H3. The number of hydrogen-bond donors (Lipinski definition) is 1. The molecule has 0 amide bonds. The fourth-order valence-electron chi connectivity index (χ4n) is 2.54. The van der Waals surface area contributed by atoms with Crippen molar-refractivity contribution in [2.24, 2.45) is 5.73 Å². The molecule has 4 heteroatoms. The SMILES string of the molecule is Cc1nc(Oc2ccc(CC(C)N)cc2)cc(-c2ccccc2)n1. The normalized spacial score (nSPS) is 12.0. The van der Waals surface area contributed by atoms with Gasteiger partial charge in [0, 0.05) is 17.7 Å². The number of benzene rings is 2. The zero-order valence-electron chi connectivity index (χ0n) is 13.9. The molecule has 0 radical (unpaired) electrons. The molecular formula is C20H21N3O. The largest absolute Gasteiger partial charge is 0.439 e. The van der Waals surface area contributed by atoms with Crippen LogP contribution >= 0.6 is 0 Å². The number of aromatic nitrogens is 2. The summed E-state index contributed by atoms with van der Waals surface area (Å²) in [6.45, 7) is 3.87. The molecule has 1 atom stereocenters. The van der Waals surface area contributed by atoms with E-state index in [1.165, 1.54) is 5.56 Å². The minimum absolute atomic E-state index is 0.148. The summed E-state index contributed by atoms with van der Waals surface area (Å²) >= 11 is 0. The summed E-state index contributed by atoms with van der Waals surface area (Å²) in [4.78, 5) is 8.86. The lowest BCUT2D eigenvalue weighted by molar-refractivity contribution is 0.460. The third kappa shape index (κ3) is 4.18. The van der Waals surface area contributed by atoms with E-state index in [2.05, 4.69) is 9.97 Å².